The molecule has 13 heavy (non-hydrogen) atoms. The maximum atomic E-state index is 11.4. The van der Waals surface area contributed by atoms with E-state index in [1.54, 1.807) is 0 Å². The summed E-state index contributed by atoms with van der Waals surface area (Å²) in [7, 11) is 0. The summed E-state index contributed by atoms with van der Waals surface area (Å²) in [6.07, 6.45) is 0. The number of Topliss-reactive ketones (excluding diaryl/α,β-unsaturated/α-hetero) is 1. The number of fused-ring (bicyclic) bond motifs is 1. The number of ketones is 1. The van der Waals surface area contributed by atoms with E-state index in [9.17, 15) is 4.79 Å². The number of carbonyl (C=O) groups excluding carboxylic acids is 1. The molecule has 0 bridgehead atoms. The summed E-state index contributed by atoms with van der Waals surface area (Å²) in [5.74, 6) is 0.147. The standard InChI is InChI=1S/C10H10ClNO/c11-5-10(13)8-6-12-9-4-2-1-3-7(8)9/h1-4,8,12H,5-6H2. The molecule has 0 aromatic heterocycles. The van der Waals surface area contributed by atoms with E-state index in [2.05, 4.69) is 5.32 Å². The molecule has 1 heterocycles. The van der Waals surface area contributed by atoms with Gasteiger partial charge in [0.2, 0.25) is 0 Å². The van der Waals surface area contributed by atoms with Gasteiger partial charge in [-0.3, -0.25) is 4.79 Å². The Balaban J connectivity index is 2.33. The van der Waals surface area contributed by atoms with Crippen LogP contribution in [-0.4, -0.2) is 18.2 Å². The van der Waals surface area contributed by atoms with E-state index < -0.39 is 0 Å². The Morgan fingerprint density at radius 3 is 3.08 bits per heavy atom. The van der Waals surface area contributed by atoms with E-state index in [1.807, 2.05) is 24.3 Å². The molecule has 1 aromatic rings. The van der Waals surface area contributed by atoms with Crippen molar-refractivity contribution in [3.63, 3.8) is 0 Å². The molecule has 3 heteroatoms. The zero-order valence-electron chi connectivity index (χ0n) is 7.09. The molecule has 0 spiro atoms. The van der Waals surface area contributed by atoms with Gasteiger partial charge in [0.25, 0.3) is 0 Å². The number of para-hydroxylation sites is 1. The van der Waals surface area contributed by atoms with E-state index in [4.69, 9.17) is 11.6 Å². The molecule has 68 valence electrons. The second-order valence-corrected chi connectivity index (χ2v) is 3.39. The predicted molar refractivity (Wildman–Crippen MR) is 53.4 cm³/mol. The number of carbonyl (C=O) groups is 1. The normalized spacial score (nSPS) is 19.3. The number of rotatable bonds is 2. The second-order valence-electron chi connectivity index (χ2n) is 3.12. The minimum absolute atomic E-state index is 0.0475. The van der Waals surface area contributed by atoms with Gasteiger partial charge < -0.3 is 5.32 Å². The Hall–Kier alpha value is -1.02. The van der Waals surface area contributed by atoms with Crippen molar-refractivity contribution in [3.05, 3.63) is 29.8 Å². The van der Waals surface area contributed by atoms with Crippen molar-refractivity contribution in [2.75, 3.05) is 17.7 Å². The number of halogens is 1. The number of anilines is 1. The van der Waals surface area contributed by atoms with E-state index in [0.29, 0.717) is 6.54 Å². The van der Waals surface area contributed by atoms with Crippen molar-refractivity contribution in [1.82, 2.24) is 0 Å². The summed E-state index contributed by atoms with van der Waals surface area (Å²) >= 11 is 5.52. The first-order valence-electron chi connectivity index (χ1n) is 4.24. The van der Waals surface area contributed by atoms with Gasteiger partial charge in [-0.2, -0.15) is 0 Å². The van der Waals surface area contributed by atoms with Crippen LogP contribution in [-0.2, 0) is 4.79 Å². The summed E-state index contributed by atoms with van der Waals surface area (Å²) < 4.78 is 0. The van der Waals surface area contributed by atoms with Gasteiger partial charge in [0, 0.05) is 12.2 Å². The topological polar surface area (TPSA) is 29.1 Å². The van der Waals surface area contributed by atoms with Crippen molar-refractivity contribution in [2.24, 2.45) is 0 Å². The summed E-state index contributed by atoms with van der Waals surface area (Å²) in [6, 6.07) is 7.86. The lowest BCUT2D eigenvalue weighted by molar-refractivity contribution is -0.117. The molecule has 0 radical (unpaired) electrons. The van der Waals surface area contributed by atoms with E-state index in [-0.39, 0.29) is 17.6 Å². The fourth-order valence-corrected chi connectivity index (χ4v) is 1.85. The van der Waals surface area contributed by atoms with Gasteiger partial charge in [0.05, 0.1) is 11.8 Å². The number of benzene rings is 1. The number of nitrogens with one attached hydrogen (secondary N) is 1. The minimum atomic E-state index is -0.0475. The fourth-order valence-electron chi connectivity index (χ4n) is 1.66. The van der Waals surface area contributed by atoms with Gasteiger partial charge in [-0.05, 0) is 11.6 Å². The molecule has 0 fully saturated rings. The molecule has 1 N–H and O–H groups in total. The molecule has 2 nitrogen and oxygen atoms in total. The highest BCUT2D eigenvalue weighted by Gasteiger charge is 2.26. The Morgan fingerprint density at radius 1 is 1.54 bits per heavy atom. The zero-order chi connectivity index (χ0) is 9.26. The molecule has 2 rings (SSSR count). The number of alkyl halides is 1. The smallest absolute Gasteiger partial charge is 0.156 e. The van der Waals surface area contributed by atoms with E-state index in [1.165, 1.54) is 0 Å². The van der Waals surface area contributed by atoms with Gasteiger partial charge in [-0.1, -0.05) is 18.2 Å². The third-order valence-electron chi connectivity index (χ3n) is 2.35. The average Bonchev–Trinajstić information content (AvgIpc) is 2.60. The molecule has 1 unspecified atom stereocenters. The molecule has 0 saturated heterocycles. The van der Waals surface area contributed by atoms with Crippen LogP contribution in [0, 0.1) is 0 Å². The van der Waals surface area contributed by atoms with Crippen LogP contribution in [0.15, 0.2) is 24.3 Å². The molecule has 1 aromatic carbocycles. The lowest BCUT2D eigenvalue weighted by atomic mass is 9.98. The average molecular weight is 196 g/mol. The van der Waals surface area contributed by atoms with Crippen molar-refractivity contribution in [1.29, 1.82) is 0 Å². The summed E-state index contributed by atoms with van der Waals surface area (Å²) in [5, 5.41) is 3.19. The lowest BCUT2D eigenvalue weighted by Crippen LogP contribution is -2.15. The largest absolute Gasteiger partial charge is 0.384 e. The Labute approximate surface area is 81.9 Å². The van der Waals surface area contributed by atoms with Gasteiger partial charge in [0.1, 0.15) is 0 Å². The predicted octanol–water partition coefficient (Wildman–Crippen LogP) is 2.00. The van der Waals surface area contributed by atoms with E-state index in [0.717, 1.165) is 11.3 Å². The maximum Gasteiger partial charge on any atom is 0.156 e. The Morgan fingerprint density at radius 2 is 2.31 bits per heavy atom. The first-order valence-corrected chi connectivity index (χ1v) is 4.78. The Bertz CT molecular complexity index is 337. The molecular formula is C10H10ClNO. The molecule has 0 aliphatic carbocycles. The first-order chi connectivity index (χ1) is 6.33. The molecule has 0 saturated carbocycles. The minimum Gasteiger partial charge on any atom is -0.384 e. The number of hydrogen-bond acceptors (Lipinski definition) is 2. The van der Waals surface area contributed by atoms with Crippen LogP contribution in [0.1, 0.15) is 11.5 Å². The van der Waals surface area contributed by atoms with E-state index >= 15 is 0 Å². The molecule has 1 aliphatic rings. The van der Waals surface area contributed by atoms with Gasteiger partial charge >= 0.3 is 0 Å². The van der Waals surface area contributed by atoms with Crippen LogP contribution in [0.25, 0.3) is 0 Å². The zero-order valence-corrected chi connectivity index (χ0v) is 7.84. The van der Waals surface area contributed by atoms with Crippen molar-refractivity contribution in [3.8, 4) is 0 Å². The fraction of sp³-hybridized carbons (Fsp3) is 0.300. The summed E-state index contributed by atoms with van der Waals surface area (Å²) in [5.41, 5.74) is 2.14. The quantitative estimate of drug-likeness (QED) is 0.732. The first kappa shape index (κ1) is 8.57. The Kier molecular flexibility index (Phi) is 2.23. The third kappa shape index (κ3) is 1.42. The van der Waals surface area contributed by atoms with Crippen LogP contribution in [0.2, 0.25) is 0 Å². The van der Waals surface area contributed by atoms with Gasteiger partial charge in [-0.15, -0.1) is 11.6 Å². The third-order valence-corrected chi connectivity index (χ3v) is 2.62. The van der Waals surface area contributed by atoms with Crippen LogP contribution >= 0.6 is 11.6 Å². The van der Waals surface area contributed by atoms with Crippen LogP contribution in [0.3, 0.4) is 0 Å². The molecular weight excluding hydrogens is 186 g/mol. The summed E-state index contributed by atoms with van der Waals surface area (Å²) in [4.78, 5) is 11.4. The highest BCUT2D eigenvalue weighted by atomic mass is 35.5. The second kappa shape index (κ2) is 3.38. The molecule has 1 aliphatic heterocycles. The van der Waals surface area contributed by atoms with Crippen LogP contribution in [0.5, 0.6) is 0 Å². The van der Waals surface area contributed by atoms with Crippen molar-refractivity contribution in [2.45, 2.75) is 5.92 Å². The maximum absolute atomic E-state index is 11.4. The molecule has 1 atom stereocenters. The van der Waals surface area contributed by atoms with Crippen molar-refractivity contribution >= 4 is 23.1 Å². The molecule has 0 amide bonds. The SMILES string of the molecule is O=C(CCl)C1CNc2ccccc21. The van der Waals surface area contributed by atoms with Crippen LogP contribution in [0.4, 0.5) is 5.69 Å². The van der Waals surface area contributed by atoms with Gasteiger partial charge in [-0.25, -0.2) is 0 Å². The highest BCUT2D eigenvalue weighted by molar-refractivity contribution is 6.28. The van der Waals surface area contributed by atoms with Gasteiger partial charge in [0.15, 0.2) is 5.78 Å². The number of hydrogen-bond donors (Lipinski definition) is 1. The summed E-state index contributed by atoms with van der Waals surface area (Å²) in [6.45, 7) is 0.685. The van der Waals surface area contributed by atoms with Crippen LogP contribution < -0.4 is 5.32 Å². The lowest BCUT2D eigenvalue weighted by Gasteiger charge is -2.05. The van der Waals surface area contributed by atoms with Crippen molar-refractivity contribution < 1.29 is 4.79 Å². The highest BCUT2D eigenvalue weighted by Crippen LogP contribution is 2.31. The monoisotopic (exact) mass is 195 g/mol.